The van der Waals surface area contributed by atoms with E-state index in [9.17, 15) is 4.79 Å². The molecule has 2 aromatic heterocycles. The molecule has 0 aromatic carbocycles. The van der Waals surface area contributed by atoms with Gasteiger partial charge in [-0.1, -0.05) is 0 Å². The summed E-state index contributed by atoms with van der Waals surface area (Å²) >= 11 is 3.06. The first-order valence-electron chi connectivity index (χ1n) is 4.38. The van der Waals surface area contributed by atoms with Crippen molar-refractivity contribution >= 4 is 28.5 Å². The van der Waals surface area contributed by atoms with Crippen molar-refractivity contribution in [3.05, 3.63) is 32.7 Å². The summed E-state index contributed by atoms with van der Waals surface area (Å²) in [5, 5.41) is 2.89. The van der Waals surface area contributed by atoms with E-state index in [2.05, 4.69) is 9.97 Å². The number of carbonyl (C=O) groups is 1. The molecule has 2 rings (SSSR count). The van der Waals surface area contributed by atoms with Gasteiger partial charge in [0.25, 0.3) is 0 Å². The Morgan fingerprint density at radius 1 is 1.40 bits per heavy atom. The van der Waals surface area contributed by atoms with Crippen LogP contribution in [0.2, 0.25) is 0 Å². The number of hydrogen-bond donors (Lipinski definition) is 0. The molecule has 0 saturated carbocycles. The Labute approximate surface area is 96.8 Å². The van der Waals surface area contributed by atoms with Gasteiger partial charge in [-0.3, -0.25) is 9.78 Å². The van der Waals surface area contributed by atoms with E-state index in [1.165, 1.54) is 11.3 Å². The third kappa shape index (κ3) is 3.89. The maximum atomic E-state index is 10.8. The number of nitrogens with zero attached hydrogens (tertiary/aromatic N) is 2. The van der Waals surface area contributed by atoms with Crippen LogP contribution in [-0.4, -0.2) is 15.8 Å². The van der Waals surface area contributed by atoms with Gasteiger partial charge in [0.1, 0.15) is 0 Å². The molecular weight excluding hydrogens is 228 g/mol. The van der Waals surface area contributed by atoms with Crippen LogP contribution in [0.5, 0.6) is 0 Å². The summed E-state index contributed by atoms with van der Waals surface area (Å²) in [6.45, 7) is 5.34. The van der Waals surface area contributed by atoms with Crippen LogP contribution in [0.25, 0.3) is 0 Å². The maximum absolute atomic E-state index is 10.8. The zero-order valence-electron chi connectivity index (χ0n) is 8.85. The fraction of sp³-hybridized carbons (Fsp3) is 0.300. The molecule has 0 atom stereocenters. The van der Waals surface area contributed by atoms with Gasteiger partial charge in [0.05, 0.1) is 21.1 Å². The number of Topliss-reactive ketones (excluding diaryl/α,β-unsaturated/α-hetero) is 1. The number of rotatable bonds is 1. The van der Waals surface area contributed by atoms with Crippen molar-refractivity contribution < 1.29 is 4.79 Å². The predicted octanol–water partition coefficient (Wildman–Crippen LogP) is 3.11. The molecule has 0 aliphatic carbocycles. The Bertz CT molecular complexity index is 403. The van der Waals surface area contributed by atoms with Gasteiger partial charge in [-0.25, -0.2) is 4.98 Å². The minimum atomic E-state index is 0.114. The third-order valence-corrected chi connectivity index (χ3v) is 3.27. The van der Waals surface area contributed by atoms with E-state index in [0.29, 0.717) is 0 Å². The van der Waals surface area contributed by atoms with Crippen LogP contribution in [0.3, 0.4) is 0 Å². The van der Waals surface area contributed by atoms with Crippen molar-refractivity contribution in [2.45, 2.75) is 20.8 Å². The molecule has 0 amide bonds. The minimum Gasteiger partial charge on any atom is -0.294 e. The molecule has 0 radical (unpaired) electrons. The average molecular weight is 240 g/mol. The number of hydrogen-bond acceptors (Lipinski definition) is 5. The molecule has 2 aromatic rings. The van der Waals surface area contributed by atoms with Crippen molar-refractivity contribution in [1.82, 2.24) is 9.97 Å². The highest BCUT2D eigenvalue weighted by Crippen LogP contribution is 2.16. The first-order valence-corrected chi connectivity index (χ1v) is 6.14. The predicted molar refractivity (Wildman–Crippen MR) is 63.7 cm³/mol. The van der Waals surface area contributed by atoms with Crippen LogP contribution in [0, 0.1) is 13.8 Å². The molecular formula is C10H12N2OS2. The summed E-state index contributed by atoms with van der Waals surface area (Å²) in [5.41, 5.74) is 2.65. The largest absolute Gasteiger partial charge is 0.294 e. The van der Waals surface area contributed by atoms with Gasteiger partial charge in [0.2, 0.25) is 0 Å². The zero-order chi connectivity index (χ0) is 11.3. The normalized spacial score (nSPS) is 9.27. The molecule has 3 nitrogen and oxygen atoms in total. The smallest absolute Gasteiger partial charge is 0.171 e. The van der Waals surface area contributed by atoms with Gasteiger partial charge in [-0.2, -0.15) is 0 Å². The minimum absolute atomic E-state index is 0.114. The van der Waals surface area contributed by atoms with Crippen LogP contribution < -0.4 is 0 Å². The van der Waals surface area contributed by atoms with Crippen molar-refractivity contribution in [3.8, 4) is 0 Å². The SMILES string of the molecule is CC(=O)c1sc(C)nc1C.c1cscn1. The highest BCUT2D eigenvalue weighted by Gasteiger charge is 2.07. The standard InChI is InChI=1S/C7H9NOS.C3H3NS/c1-4-7(5(2)9)10-6(3)8-4;1-2-5-3-4-1/h1-3H3;1-3H. The second-order valence-corrected chi connectivity index (χ2v) is 4.84. The lowest BCUT2D eigenvalue weighted by molar-refractivity contribution is 0.102. The zero-order valence-corrected chi connectivity index (χ0v) is 10.5. The number of aryl methyl sites for hydroxylation is 2. The van der Waals surface area contributed by atoms with E-state index < -0.39 is 0 Å². The summed E-state index contributed by atoms with van der Waals surface area (Å²) in [4.78, 5) is 19.5. The van der Waals surface area contributed by atoms with Gasteiger partial charge in [-0.15, -0.1) is 22.7 Å². The molecule has 0 fully saturated rings. The van der Waals surface area contributed by atoms with Gasteiger partial charge in [-0.05, 0) is 13.8 Å². The number of thiazole rings is 2. The quantitative estimate of drug-likeness (QED) is 0.719. The second kappa shape index (κ2) is 5.72. The Morgan fingerprint density at radius 3 is 2.33 bits per heavy atom. The van der Waals surface area contributed by atoms with Crippen LogP contribution in [-0.2, 0) is 0 Å². The number of carbonyl (C=O) groups excluding carboxylic acids is 1. The Kier molecular flexibility index (Phi) is 4.58. The second-order valence-electron chi connectivity index (χ2n) is 2.88. The molecule has 0 unspecified atom stereocenters. The molecule has 80 valence electrons. The van der Waals surface area contributed by atoms with Gasteiger partial charge < -0.3 is 0 Å². The summed E-state index contributed by atoms with van der Waals surface area (Å²) in [6.07, 6.45) is 1.77. The fourth-order valence-corrected chi connectivity index (χ4v) is 2.20. The molecule has 0 spiro atoms. The highest BCUT2D eigenvalue weighted by atomic mass is 32.1. The summed E-state index contributed by atoms with van der Waals surface area (Å²) < 4.78 is 0. The van der Waals surface area contributed by atoms with Gasteiger partial charge >= 0.3 is 0 Å². The molecule has 0 N–H and O–H groups in total. The topological polar surface area (TPSA) is 42.9 Å². The summed E-state index contributed by atoms with van der Waals surface area (Å²) in [5.74, 6) is 0.114. The average Bonchev–Trinajstić information content (AvgIpc) is 2.77. The van der Waals surface area contributed by atoms with Crippen LogP contribution in [0.15, 0.2) is 17.1 Å². The van der Waals surface area contributed by atoms with Gasteiger partial charge in [0, 0.05) is 18.5 Å². The summed E-state index contributed by atoms with van der Waals surface area (Å²) in [7, 11) is 0. The van der Waals surface area contributed by atoms with Crippen molar-refractivity contribution in [1.29, 1.82) is 0 Å². The molecule has 0 saturated heterocycles. The lowest BCUT2D eigenvalue weighted by Gasteiger charge is -1.85. The summed E-state index contributed by atoms with van der Waals surface area (Å²) in [6, 6.07) is 0. The Hall–Kier alpha value is -1.07. The van der Waals surface area contributed by atoms with Crippen LogP contribution in [0.4, 0.5) is 0 Å². The highest BCUT2D eigenvalue weighted by molar-refractivity contribution is 7.13. The lowest BCUT2D eigenvalue weighted by atomic mass is 10.3. The van der Waals surface area contributed by atoms with Crippen molar-refractivity contribution in [2.24, 2.45) is 0 Å². The first-order chi connectivity index (χ1) is 7.11. The van der Waals surface area contributed by atoms with Crippen LogP contribution in [0.1, 0.15) is 27.3 Å². The van der Waals surface area contributed by atoms with E-state index in [1.807, 2.05) is 19.2 Å². The van der Waals surface area contributed by atoms with E-state index in [0.717, 1.165) is 15.6 Å². The molecule has 0 aliphatic heterocycles. The van der Waals surface area contributed by atoms with E-state index in [-0.39, 0.29) is 5.78 Å². The third-order valence-electron chi connectivity index (χ3n) is 1.57. The Balaban J connectivity index is 0.000000187. The fourth-order valence-electron chi connectivity index (χ4n) is 1.03. The monoisotopic (exact) mass is 240 g/mol. The van der Waals surface area contributed by atoms with Crippen molar-refractivity contribution in [3.63, 3.8) is 0 Å². The number of aromatic nitrogens is 2. The van der Waals surface area contributed by atoms with E-state index in [1.54, 1.807) is 30.0 Å². The molecule has 0 bridgehead atoms. The van der Waals surface area contributed by atoms with E-state index in [4.69, 9.17) is 0 Å². The molecule has 15 heavy (non-hydrogen) atoms. The maximum Gasteiger partial charge on any atom is 0.171 e. The molecule has 2 heterocycles. The van der Waals surface area contributed by atoms with Crippen molar-refractivity contribution in [2.75, 3.05) is 0 Å². The van der Waals surface area contributed by atoms with E-state index >= 15 is 0 Å². The Morgan fingerprint density at radius 2 is 2.13 bits per heavy atom. The first kappa shape index (κ1) is 12.0. The number of ketones is 1. The van der Waals surface area contributed by atoms with Gasteiger partial charge in [0.15, 0.2) is 5.78 Å². The molecule has 0 aliphatic rings. The molecule has 5 heteroatoms. The lowest BCUT2D eigenvalue weighted by Crippen LogP contribution is -1.89. The van der Waals surface area contributed by atoms with Crippen LogP contribution >= 0.6 is 22.7 Å².